The van der Waals surface area contributed by atoms with E-state index in [4.69, 9.17) is 3.07 Å². The summed E-state index contributed by atoms with van der Waals surface area (Å²) in [6, 6.07) is 7.34. The van der Waals surface area contributed by atoms with E-state index < -0.39 is 29.0 Å². The number of likely N-dealkylation sites (tertiary alicyclic amines) is 1. The first-order valence-corrected chi connectivity index (χ1v) is 13.5. The number of β-amino-alcohol motifs (C(OH)–C–C–N with tert-alkyl or cyclic N) is 1. The molecule has 1 aromatic carbocycles. The van der Waals surface area contributed by atoms with Crippen LogP contribution in [0.15, 0.2) is 29.8 Å². The number of rotatable bonds is 10. The van der Waals surface area contributed by atoms with Gasteiger partial charge in [0.2, 0.25) is 11.8 Å². The minimum atomic E-state index is -1.27. The highest BCUT2D eigenvalue weighted by molar-refractivity contribution is 14.1. The highest BCUT2D eigenvalue weighted by Gasteiger charge is 2.48. The van der Waals surface area contributed by atoms with Crippen LogP contribution in [0.5, 0.6) is 0 Å². The summed E-state index contributed by atoms with van der Waals surface area (Å²) < 4.78 is 4.88. The number of nitrogens with zero attached hydrogens (tertiary/aromatic N) is 2. The van der Waals surface area contributed by atoms with Gasteiger partial charge >= 0.3 is 0 Å². The van der Waals surface area contributed by atoms with Gasteiger partial charge in [-0.2, -0.15) is 0 Å². The molecule has 0 radical (unpaired) electrons. The number of carbonyl (C=O) groups is 3. The number of benzene rings is 1. The molecule has 0 saturated carbocycles. The Morgan fingerprint density at radius 2 is 2.00 bits per heavy atom. The van der Waals surface area contributed by atoms with Crippen molar-refractivity contribution in [3.05, 3.63) is 41.0 Å². The Morgan fingerprint density at radius 1 is 1.31 bits per heavy atom. The molecule has 1 aliphatic rings. The van der Waals surface area contributed by atoms with Crippen molar-refractivity contribution in [2.24, 2.45) is 5.41 Å². The van der Waals surface area contributed by atoms with Crippen LogP contribution in [0, 0.1) is 12.3 Å². The van der Waals surface area contributed by atoms with Crippen molar-refractivity contribution < 1.29 is 22.6 Å². The van der Waals surface area contributed by atoms with E-state index in [1.165, 1.54) is 0 Å². The molecular weight excluding hydrogens is 595 g/mol. The zero-order valence-electron chi connectivity index (χ0n) is 20.9. The van der Waals surface area contributed by atoms with Crippen LogP contribution in [-0.2, 0) is 24.0 Å². The average molecular weight is 629 g/mol. The first kappa shape index (κ1) is 28.6. The minimum absolute atomic E-state index is 0.0883. The molecule has 36 heavy (non-hydrogen) atoms. The van der Waals surface area contributed by atoms with E-state index in [-0.39, 0.29) is 32.0 Å². The zero-order chi connectivity index (χ0) is 26.5. The van der Waals surface area contributed by atoms with Gasteiger partial charge in [-0.25, -0.2) is 4.98 Å². The molecule has 0 bridgehead atoms. The quantitative estimate of drug-likeness (QED) is 0.274. The van der Waals surface area contributed by atoms with E-state index in [1.54, 1.807) is 39.2 Å². The summed E-state index contributed by atoms with van der Waals surface area (Å²) in [5.74, 6) is -0.659. The van der Waals surface area contributed by atoms with E-state index in [0.29, 0.717) is 6.54 Å². The third-order valence-corrected chi connectivity index (χ3v) is 7.94. The summed E-state index contributed by atoms with van der Waals surface area (Å²) in [4.78, 5) is 45.0. The lowest BCUT2D eigenvalue weighted by Crippen LogP contribution is -2.65. The summed E-state index contributed by atoms with van der Waals surface area (Å²) in [6.45, 7) is 7.99. The van der Waals surface area contributed by atoms with Crippen LogP contribution in [0.25, 0.3) is 10.4 Å². The van der Waals surface area contributed by atoms with Crippen LogP contribution in [0.3, 0.4) is 0 Å². The van der Waals surface area contributed by atoms with E-state index in [1.807, 2.05) is 57.5 Å². The molecule has 196 valence electrons. The highest BCUT2D eigenvalue weighted by Crippen LogP contribution is 2.32. The largest absolute Gasteiger partial charge is 0.392 e. The number of nitrogens with one attached hydrogen (secondary N) is 2. The maximum absolute atomic E-state index is 13.2. The summed E-state index contributed by atoms with van der Waals surface area (Å²) in [7, 11) is 0. The lowest BCUT2D eigenvalue weighted by atomic mass is 9.73. The molecule has 1 fully saturated rings. The van der Waals surface area contributed by atoms with E-state index in [0.717, 1.165) is 28.0 Å². The van der Waals surface area contributed by atoms with Crippen LogP contribution in [-0.4, -0.2) is 70.5 Å². The molecule has 0 spiro atoms. The van der Waals surface area contributed by atoms with Gasteiger partial charge in [0.15, 0.2) is 0 Å². The number of aryl methyl sites for hydroxylation is 1. The standard InChI is InChI=1S/C25H33IN4O5S/c1-16-22(36-15-28-16)18-7-5-17(6-8-18)10-27-23(34)20-9-19(32)11-30(20)13-25(14-31,24(2,3)4)29-21(33)12-35-26/h5-8,14-15,19-20,32H,9-13H2,1-4H3,(H,27,34)(H,29,33)/t19-,20+,25?/m1/s1. The van der Waals surface area contributed by atoms with Crippen molar-refractivity contribution in [2.75, 3.05) is 19.7 Å². The number of carbonyl (C=O) groups excluding carboxylic acids is 3. The van der Waals surface area contributed by atoms with Gasteiger partial charge in [0, 0.05) is 19.6 Å². The molecule has 3 N–H and O–H groups in total. The molecule has 3 rings (SSSR count). The fraction of sp³-hybridized carbons (Fsp3) is 0.520. The molecular formula is C25H33IN4O5S. The van der Waals surface area contributed by atoms with Crippen molar-refractivity contribution in [3.8, 4) is 10.4 Å². The average Bonchev–Trinajstić information content (AvgIpc) is 3.41. The Hall–Kier alpha value is -1.93. The molecule has 2 heterocycles. The van der Waals surface area contributed by atoms with Gasteiger partial charge < -0.3 is 23.6 Å². The van der Waals surface area contributed by atoms with Crippen LogP contribution in [0.4, 0.5) is 0 Å². The molecule has 1 saturated heterocycles. The topological polar surface area (TPSA) is 121 Å². The number of aldehydes is 1. The lowest BCUT2D eigenvalue weighted by Gasteiger charge is -2.44. The number of aliphatic hydroxyl groups excluding tert-OH is 1. The molecule has 1 aliphatic heterocycles. The predicted molar refractivity (Wildman–Crippen MR) is 146 cm³/mol. The number of thiazole rings is 1. The Kier molecular flexibility index (Phi) is 9.61. The second-order valence-electron chi connectivity index (χ2n) is 10.2. The van der Waals surface area contributed by atoms with Gasteiger partial charge in [0.1, 0.15) is 41.4 Å². The smallest absolute Gasteiger partial charge is 0.247 e. The fourth-order valence-corrected chi connectivity index (χ4v) is 5.44. The normalized spacial score (nSPS) is 20.1. The summed E-state index contributed by atoms with van der Waals surface area (Å²) in [5.41, 5.74) is 2.91. The van der Waals surface area contributed by atoms with E-state index in [9.17, 15) is 19.5 Å². The number of aromatic nitrogens is 1. The zero-order valence-corrected chi connectivity index (χ0v) is 23.9. The second-order valence-corrected chi connectivity index (χ2v) is 11.6. The molecule has 11 heteroatoms. The fourth-order valence-electron chi connectivity index (χ4n) is 4.35. The molecule has 0 aliphatic carbocycles. The van der Waals surface area contributed by atoms with Gasteiger partial charge in [0.25, 0.3) is 0 Å². The number of aliphatic hydroxyl groups is 1. The summed E-state index contributed by atoms with van der Waals surface area (Å²) in [6.07, 6.45) is 0.268. The van der Waals surface area contributed by atoms with Crippen molar-refractivity contribution in [1.82, 2.24) is 20.5 Å². The molecule has 2 aromatic rings. The summed E-state index contributed by atoms with van der Waals surface area (Å²) in [5, 5.41) is 16.1. The molecule has 1 aromatic heterocycles. The van der Waals surface area contributed by atoms with E-state index >= 15 is 0 Å². The highest BCUT2D eigenvalue weighted by atomic mass is 127. The molecule has 9 nitrogen and oxygen atoms in total. The van der Waals surface area contributed by atoms with Crippen LogP contribution >= 0.6 is 34.3 Å². The van der Waals surface area contributed by atoms with Crippen molar-refractivity contribution in [1.29, 1.82) is 0 Å². The maximum atomic E-state index is 13.2. The second kappa shape index (κ2) is 12.1. The number of hydrogen-bond donors (Lipinski definition) is 3. The van der Waals surface area contributed by atoms with Gasteiger partial charge in [-0.1, -0.05) is 45.0 Å². The Bertz CT molecular complexity index is 1070. The Balaban J connectivity index is 1.69. The van der Waals surface area contributed by atoms with Crippen LogP contribution in [0.2, 0.25) is 0 Å². The summed E-state index contributed by atoms with van der Waals surface area (Å²) >= 11 is 3.21. The number of hydrogen-bond acceptors (Lipinski definition) is 8. The van der Waals surface area contributed by atoms with Crippen molar-refractivity contribution in [3.63, 3.8) is 0 Å². The number of amides is 2. The first-order chi connectivity index (χ1) is 17.0. The first-order valence-electron chi connectivity index (χ1n) is 11.7. The van der Waals surface area contributed by atoms with Gasteiger partial charge in [0.05, 0.1) is 28.2 Å². The lowest BCUT2D eigenvalue weighted by molar-refractivity contribution is -0.133. The van der Waals surface area contributed by atoms with Gasteiger partial charge in [-0.15, -0.1) is 11.3 Å². The predicted octanol–water partition coefficient (Wildman–Crippen LogP) is 2.64. The SMILES string of the molecule is Cc1ncsc1-c1ccc(CNC(=O)[C@@H]2C[C@@H](O)CN2CC(C=O)(NC(=O)COI)C(C)(C)C)cc1. The molecule has 1 unspecified atom stereocenters. The maximum Gasteiger partial charge on any atom is 0.247 e. The van der Waals surface area contributed by atoms with Gasteiger partial charge in [-0.05, 0) is 29.9 Å². The van der Waals surface area contributed by atoms with Crippen LogP contribution < -0.4 is 10.6 Å². The monoisotopic (exact) mass is 628 g/mol. The van der Waals surface area contributed by atoms with Crippen molar-refractivity contribution >= 4 is 52.4 Å². The van der Waals surface area contributed by atoms with Crippen LogP contribution in [0.1, 0.15) is 38.4 Å². The van der Waals surface area contributed by atoms with Gasteiger partial charge in [-0.3, -0.25) is 14.5 Å². The third-order valence-electron chi connectivity index (χ3n) is 6.65. The molecule has 3 atom stereocenters. The number of halogens is 1. The van der Waals surface area contributed by atoms with E-state index in [2.05, 4.69) is 15.6 Å². The molecule has 2 amide bonds. The Morgan fingerprint density at radius 3 is 2.56 bits per heavy atom. The Labute approximate surface area is 229 Å². The van der Waals surface area contributed by atoms with Crippen molar-refractivity contribution in [2.45, 2.75) is 58.3 Å². The third kappa shape index (κ3) is 6.68. The minimum Gasteiger partial charge on any atom is -0.392 e.